The first-order chi connectivity index (χ1) is 13.5. The van der Waals surface area contributed by atoms with E-state index < -0.39 is 0 Å². The Bertz CT molecular complexity index is 817. The first-order valence-corrected chi connectivity index (χ1v) is 9.48. The molecule has 28 heavy (non-hydrogen) atoms. The van der Waals surface area contributed by atoms with Crippen LogP contribution in [0, 0.1) is 5.82 Å². The van der Waals surface area contributed by atoms with Gasteiger partial charge in [-0.3, -0.25) is 9.59 Å². The Hall–Kier alpha value is -2.73. The summed E-state index contributed by atoms with van der Waals surface area (Å²) in [6.45, 7) is 3.56. The molecule has 5 nitrogen and oxygen atoms in total. The van der Waals surface area contributed by atoms with Crippen molar-refractivity contribution in [3.05, 3.63) is 65.5 Å². The van der Waals surface area contributed by atoms with Crippen LogP contribution in [0.25, 0.3) is 0 Å². The molecule has 1 aliphatic heterocycles. The van der Waals surface area contributed by atoms with Crippen molar-refractivity contribution in [3.8, 4) is 0 Å². The highest BCUT2D eigenvalue weighted by Gasteiger charge is 2.18. The number of benzene rings is 2. The van der Waals surface area contributed by atoms with Crippen molar-refractivity contribution < 1.29 is 18.7 Å². The van der Waals surface area contributed by atoms with Crippen molar-refractivity contribution in [1.82, 2.24) is 4.90 Å². The van der Waals surface area contributed by atoms with Crippen LogP contribution in [-0.2, 0) is 16.1 Å². The molecule has 1 aliphatic rings. The van der Waals surface area contributed by atoms with Crippen LogP contribution in [0.15, 0.2) is 48.5 Å². The van der Waals surface area contributed by atoms with Crippen molar-refractivity contribution in [2.45, 2.75) is 19.4 Å². The summed E-state index contributed by atoms with van der Waals surface area (Å²) in [5.74, 6) is -0.631. The number of halogens is 1. The summed E-state index contributed by atoms with van der Waals surface area (Å²) < 4.78 is 18.4. The van der Waals surface area contributed by atoms with E-state index in [9.17, 15) is 14.0 Å². The van der Waals surface area contributed by atoms with Gasteiger partial charge in [-0.2, -0.15) is 0 Å². The van der Waals surface area contributed by atoms with Gasteiger partial charge in [0, 0.05) is 50.8 Å². The summed E-state index contributed by atoms with van der Waals surface area (Å²) in [6.07, 6.45) is 0.242. The first-order valence-electron chi connectivity index (χ1n) is 9.48. The van der Waals surface area contributed by atoms with Gasteiger partial charge in [0.15, 0.2) is 5.78 Å². The fourth-order valence-electron chi connectivity index (χ4n) is 3.29. The van der Waals surface area contributed by atoms with Crippen molar-refractivity contribution in [2.75, 3.05) is 38.3 Å². The third-order valence-electron chi connectivity index (χ3n) is 4.91. The number of nitrogens with zero attached hydrogens (tertiary/aromatic N) is 2. The van der Waals surface area contributed by atoms with Crippen LogP contribution >= 0.6 is 0 Å². The van der Waals surface area contributed by atoms with Gasteiger partial charge in [0.05, 0.1) is 13.2 Å². The van der Waals surface area contributed by atoms with Crippen LogP contribution in [-0.4, -0.2) is 49.9 Å². The molecule has 148 valence electrons. The van der Waals surface area contributed by atoms with Crippen molar-refractivity contribution in [1.29, 1.82) is 0 Å². The number of morpholine rings is 1. The van der Waals surface area contributed by atoms with E-state index in [0.29, 0.717) is 25.3 Å². The molecule has 2 aromatic carbocycles. The van der Waals surface area contributed by atoms with Crippen LogP contribution in [0.1, 0.15) is 28.8 Å². The molecule has 1 fully saturated rings. The highest BCUT2D eigenvalue weighted by Crippen LogP contribution is 2.23. The van der Waals surface area contributed by atoms with Crippen molar-refractivity contribution in [2.24, 2.45) is 0 Å². The Morgan fingerprint density at radius 2 is 1.71 bits per heavy atom. The van der Waals surface area contributed by atoms with E-state index in [-0.39, 0.29) is 30.3 Å². The normalized spacial score (nSPS) is 14.0. The lowest BCUT2D eigenvalue weighted by molar-refractivity contribution is -0.130. The number of rotatable bonds is 7. The summed E-state index contributed by atoms with van der Waals surface area (Å²) in [6, 6.07) is 13.5. The van der Waals surface area contributed by atoms with Crippen LogP contribution < -0.4 is 4.90 Å². The topological polar surface area (TPSA) is 49.9 Å². The maximum atomic E-state index is 13.0. The molecule has 1 saturated heterocycles. The minimum absolute atomic E-state index is 0.0905. The van der Waals surface area contributed by atoms with E-state index in [2.05, 4.69) is 11.0 Å². The number of hydrogen-bond acceptors (Lipinski definition) is 4. The smallest absolute Gasteiger partial charge is 0.223 e. The zero-order valence-corrected chi connectivity index (χ0v) is 16.1. The number of Topliss-reactive ketones (excluding diaryl/α,β-unsaturated/α-hetero) is 1. The molecule has 0 radical (unpaired) electrons. The van der Waals surface area contributed by atoms with Crippen molar-refractivity contribution in [3.63, 3.8) is 0 Å². The highest BCUT2D eigenvalue weighted by atomic mass is 19.1. The number of hydrogen-bond donors (Lipinski definition) is 0. The minimum Gasteiger partial charge on any atom is -0.378 e. The molecule has 0 aromatic heterocycles. The zero-order chi connectivity index (χ0) is 19.9. The lowest BCUT2D eigenvalue weighted by Crippen LogP contribution is -2.37. The Kier molecular flexibility index (Phi) is 6.76. The molecule has 0 N–H and O–H groups in total. The molecule has 1 amide bonds. The predicted octanol–water partition coefficient (Wildman–Crippen LogP) is 3.28. The number of carbonyl (C=O) groups is 2. The monoisotopic (exact) mass is 384 g/mol. The van der Waals surface area contributed by atoms with E-state index in [1.807, 2.05) is 18.2 Å². The van der Waals surface area contributed by atoms with Gasteiger partial charge in [0.1, 0.15) is 5.82 Å². The van der Waals surface area contributed by atoms with Crippen LogP contribution in [0.5, 0.6) is 0 Å². The molecule has 0 bridgehead atoms. The maximum Gasteiger partial charge on any atom is 0.223 e. The fourth-order valence-corrected chi connectivity index (χ4v) is 3.29. The van der Waals surface area contributed by atoms with E-state index in [1.54, 1.807) is 11.9 Å². The second kappa shape index (κ2) is 9.46. The van der Waals surface area contributed by atoms with Gasteiger partial charge in [-0.15, -0.1) is 0 Å². The molecule has 1 heterocycles. The van der Waals surface area contributed by atoms with Gasteiger partial charge >= 0.3 is 0 Å². The maximum absolute atomic E-state index is 13.0. The molecule has 2 aromatic rings. The predicted molar refractivity (Wildman–Crippen MR) is 106 cm³/mol. The van der Waals surface area contributed by atoms with E-state index >= 15 is 0 Å². The molecule has 3 rings (SSSR count). The van der Waals surface area contributed by atoms with Gasteiger partial charge in [0.25, 0.3) is 0 Å². The number of anilines is 1. The minimum atomic E-state index is -0.383. The van der Waals surface area contributed by atoms with Crippen LogP contribution in [0.2, 0.25) is 0 Å². The van der Waals surface area contributed by atoms with Gasteiger partial charge in [-0.1, -0.05) is 18.2 Å². The van der Waals surface area contributed by atoms with Gasteiger partial charge in [0.2, 0.25) is 5.91 Å². The van der Waals surface area contributed by atoms with E-state index in [1.165, 1.54) is 24.3 Å². The summed E-state index contributed by atoms with van der Waals surface area (Å²) in [7, 11) is 1.75. The average Bonchev–Trinajstić information content (AvgIpc) is 2.73. The van der Waals surface area contributed by atoms with E-state index in [4.69, 9.17) is 4.74 Å². The van der Waals surface area contributed by atoms with Crippen molar-refractivity contribution >= 4 is 17.4 Å². The standard InChI is InChI=1S/C22H25FN2O3/c1-24(22(27)11-10-21(26)17-6-8-19(23)9-7-17)16-18-4-2-3-5-20(18)25-12-14-28-15-13-25/h2-9H,10-16H2,1H3. The largest absolute Gasteiger partial charge is 0.378 e. The van der Waals surface area contributed by atoms with E-state index in [0.717, 1.165) is 24.3 Å². The van der Waals surface area contributed by atoms with Crippen LogP contribution in [0.3, 0.4) is 0 Å². The van der Waals surface area contributed by atoms with Crippen LogP contribution in [0.4, 0.5) is 10.1 Å². The summed E-state index contributed by atoms with van der Waals surface area (Å²) in [5.41, 5.74) is 2.62. The summed E-state index contributed by atoms with van der Waals surface area (Å²) in [5, 5.41) is 0. The Morgan fingerprint density at radius 3 is 2.43 bits per heavy atom. The second-order valence-corrected chi connectivity index (χ2v) is 6.91. The first kappa shape index (κ1) is 20.0. The van der Waals surface area contributed by atoms with Gasteiger partial charge in [-0.25, -0.2) is 4.39 Å². The number of ketones is 1. The fraction of sp³-hybridized carbons (Fsp3) is 0.364. The van der Waals surface area contributed by atoms with Gasteiger partial charge in [-0.05, 0) is 35.9 Å². The average molecular weight is 384 g/mol. The molecular formula is C22H25FN2O3. The number of ether oxygens (including phenoxy) is 1. The Labute approximate surface area is 164 Å². The zero-order valence-electron chi connectivity index (χ0n) is 16.1. The lowest BCUT2D eigenvalue weighted by Gasteiger charge is -2.31. The highest BCUT2D eigenvalue weighted by molar-refractivity contribution is 5.97. The lowest BCUT2D eigenvalue weighted by atomic mass is 10.1. The quantitative estimate of drug-likeness (QED) is 0.688. The number of para-hydroxylation sites is 1. The third-order valence-corrected chi connectivity index (χ3v) is 4.91. The SMILES string of the molecule is CN(Cc1ccccc1N1CCOCC1)C(=O)CCC(=O)c1ccc(F)cc1. The molecule has 0 atom stereocenters. The number of carbonyl (C=O) groups excluding carboxylic acids is 2. The molecule has 0 saturated carbocycles. The number of amides is 1. The molecular weight excluding hydrogens is 359 g/mol. The molecule has 0 spiro atoms. The third kappa shape index (κ3) is 5.16. The van der Waals surface area contributed by atoms with Gasteiger partial charge < -0.3 is 14.5 Å². The summed E-state index contributed by atoms with van der Waals surface area (Å²) >= 11 is 0. The Balaban J connectivity index is 1.57. The second-order valence-electron chi connectivity index (χ2n) is 6.91. The molecule has 6 heteroatoms. The summed E-state index contributed by atoms with van der Waals surface area (Å²) in [4.78, 5) is 28.6. The Morgan fingerprint density at radius 1 is 1.04 bits per heavy atom. The molecule has 0 unspecified atom stereocenters. The molecule has 0 aliphatic carbocycles.